The highest BCUT2D eigenvalue weighted by atomic mass is 35.5. The molecule has 3 nitrogen and oxygen atoms in total. The van der Waals surface area contributed by atoms with Gasteiger partial charge in [-0.25, -0.2) is 0 Å². The van der Waals surface area contributed by atoms with Crippen LogP contribution in [0.1, 0.15) is 77.0 Å². The van der Waals surface area contributed by atoms with E-state index in [9.17, 15) is 4.79 Å². The summed E-state index contributed by atoms with van der Waals surface area (Å²) in [6.45, 7) is 2.14. The molecule has 1 atom stereocenters. The summed E-state index contributed by atoms with van der Waals surface area (Å²) in [4.78, 5) is 18.4. The summed E-state index contributed by atoms with van der Waals surface area (Å²) < 4.78 is 0. The van der Waals surface area contributed by atoms with Gasteiger partial charge in [0.05, 0.1) is 17.1 Å². The molecule has 0 fully saturated rings. The molecule has 3 aromatic rings. The lowest BCUT2D eigenvalue weighted by molar-refractivity contribution is 0.0936. The highest BCUT2D eigenvalue weighted by Gasteiger charge is 2.26. The molecule has 1 heterocycles. The summed E-state index contributed by atoms with van der Waals surface area (Å²) >= 11 is 6.28. The third-order valence-corrected chi connectivity index (χ3v) is 6.92. The maximum absolute atomic E-state index is 13.6. The van der Waals surface area contributed by atoms with Crippen molar-refractivity contribution in [3.63, 3.8) is 0 Å². The molecular weight excluding hydrogens is 392 g/mol. The molecule has 2 aliphatic rings. The number of rotatable bonds is 4. The molecule has 4 heteroatoms. The number of benzene rings is 2. The second kappa shape index (κ2) is 8.03. The number of nitrogens with one attached hydrogen (secondary N) is 1. The molecular formula is C26H27ClN2O. The average Bonchev–Trinajstić information content (AvgIpc) is 3.23. The minimum atomic E-state index is -0.00705. The normalized spacial score (nSPS) is 16.2. The van der Waals surface area contributed by atoms with Crippen LogP contribution in [0.25, 0.3) is 10.9 Å². The quantitative estimate of drug-likeness (QED) is 0.553. The molecule has 0 radical (unpaired) electrons. The standard InChI is InChI=1S/C26H27ClN2O/c1-2-22(18-11-10-16-6-3-4-7-17(16)14-18)29-26(30)25-20-8-5-9-23(20)28-24-13-12-19(27)15-21(24)25/h10-15,22H,2-9H2,1H3,(H,29,30). The van der Waals surface area contributed by atoms with Crippen molar-refractivity contribution < 1.29 is 4.79 Å². The van der Waals surface area contributed by atoms with E-state index in [1.54, 1.807) is 0 Å². The zero-order valence-corrected chi connectivity index (χ0v) is 18.2. The average molecular weight is 419 g/mol. The van der Waals surface area contributed by atoms with Gasteiger partial charge in [0.1, 0.15) is 0 Å². The minimum absolute atomic E-state index is 0.00387. The molecule has 0 saturated carbocycles. The summed E-state index contributed by atoms with van der Waals surface area (Å²) in [5.74, 6) is -0.00705. The lowest BCUT2D eigenvalue weighted by Crippen LogP contribution is -2.29. The van der Waals surface area contributed by atoms with Crippen LogP contribution in [0.5, 0.6) is 0 Å². The van der Waals surface area contributed by atoms with Crippen molar-refractivity contribution in [2.24, 2.45) is 0 Å². The number of fused-ring (bicyclic) bond motifs is 3. The maximum Gasteiger partial charge on any atom is 0.252 e. The van der Waals surface area contributed by atoms with Gasteiger partial charge in [-0.2, -0.15) is 0 Å². The van der Waals surface area contributed by atoms with Crippen molar-refractivity contribution in [3.8, 4) is 0 Å². The molecule has 1 N–H and O–H groups in total. The molecule has 5 rings (SSSR count). The van der Waals surface area contributed by atoms with E-state index in [1.165, 1.54) is 36.0 Å². The van der Waals surface area contributed by atoms with E-state index in [-0.39, 0.29) is 11.9 Å². The van der Waals surface area contributed by atoms with E-state index in [0.717, 1.165) is 59.8 Å². The van der Waals surface area contributed by atoms with Crippen molar-refractivity contribution in [2.75, 3.05) is 0 Å². The van der Waals surface area contributed by atoms with Crippen molar-refractivity contribution >= 4 is 28.4 Å². The van der Waals surface area contributed by atoms with Crippen molar-refractivity contribution in [2.45, 2.75) is 64.3 Å². The molecule has 1 amide bonds. The lowest BCUT2D eigenvalue weighted by atomic mass is 9.88. The van der Waals surface area contributed by atoms with Gasteiger partial charge in [0.2, 0.25) is 0 Å². The van der Waals surface area contributed by atoms with Crippen LogP contribution in [0, 0.1) is 0 Å². The van der Waals surface area contributed by atoms with Crippen molar-refractivity contribution in [3.05, 3.63) is 74.9 Å². The number of aromatic nitrogens is 1. The second-order valence-corrected chi connectivity index (χ2v) is 9.03. The first-order valence-corrected chi connectivity index (χ1v) is 11.6. The van der Waals surface area contributed by atoms with Gasteiger partial charge < -0.3 is 5.32 Å². The SMILES string of the molecule is CCC(NC(=O)c1c2c(nc3ccc(Cl)cc13)CCC2)c1ccc2c(c1)CCCC2. The Balaban J connectivity index is 1.52. The zero-order valence-electron chi connectivity index (χ0n) is 17.4. The van der Waals surface area contributed by atoms with Crippen LogP contribution in [-0.2, 0) is 25.7 Å². The molecule has 0 aliphatic heterocycles. The highest BCUT2D eigenvalue weighted by Crippen LogP contribution is 2.32. The first kappa shape index (κ1) is 19.6. The van der Waals surface area contributed by atoms with Gasteiger partial charge >= 0.3 is 0 Å². The number of hydrogen-bond donors (Lipinski definition) is 1. The number of nitrogens with zero attached hydrogens (tertiary/aromatic N) is 1. The van der Waals surface area contributed by atoms with E-state index < -0.39 is 0 Å². The summed E-state index contributed by atoms with van der Waals surface area (Å²) in [5.41, 5.74) is 7.92. The Morgan fingerprint density at radius 1 is 1.03 bits per heavy atom. The largest absolute Gasteiger partial charge is 0.345 e. The minimum Gasteiger partial charge on any atom is -0.345 e. The van der Waals surface area contributed by atoms with Gasteiger partial charge in [-0.15, -0.1) is 0 Å². The topological polar surface area (TPSA) is 42.0 Å². The zero-order chi connectivity index (χ0) is 20.7. The summed E-state index contributed by atoms with van der Waals surface area (Å²) in [6, 6.07) is 12.4. The Morgan fingerprint density at radius 2 is 1.87 bits per heavy atom. The van der Waals surface area contributed by atoms with Gasteiger partial charge in [0, 0.05) is 16.1 Å². The number of amides is 1. The van der Waals surface area contributed by atoms with Gasteiger partial charge in [0.15, 0.2) is 0 Å². The first-order valence-electron chi connectivity index (χ1n) is 11.2. The second-order valence-electron chi connectivity index (χ2n) is 8.60. The van der Waals surface area contributed by atoms with E-state index in [2.05, 4.69) is 30.4 Å². The maximum atomic E-state index is 13.6. The number of hydrogen-bond acceptors (Lipinski definition) is 2. The van der Waals surface area contributed by atoms with Gasteiger partial charge in [-0.05, 0) is 91.8 Å². The third-order valence-electron chi connectivity index (χ3n) is 6.69. The number of carbonyl (C=O) groups excluding carboxylic acids is 1. The summed E-state index contributed by atoms with van der Waals surface area (Å²) in [7, 11) is 0. The molecule has 0 saturated heterocycles. The van der Waals surface area contributed by atoms with E-state index in [0.29, 0.717) is 5.02 Å². The molecule has 2 aliphatic carbocycles. The van der Waals surface area contributed by atoms with Crippen molar-refractivity contribution in [1.82, 2.24) is 10.3 Å². The van der Waals surface area contributed by atoms with Crippen LogP contribution in [0.15, 0.2) is 36.4 Å². The molecule has 0 bridgehead atoms. The fourth-order valence-electron chi connectivity index (χ4n) is 5.12. The van der Waals surface area contributed by atoms with Crippen LogP contribution in [0.3, 0.4) is 0 Å². The predicted octanol–water partition coefficient (Wildman–Crippen LogP) is 6.14. The van der Waals surface area contributed by atoms with Gasteiger partial charge in [0.25, 0.3) is 5.91 Å². The van der Waals surface area contributed by atoms with Crippen LogP contribution in [-0.4, -0.2) is 10.9 Å². The number of halogens is 1. The molecule has 154 valence electrons. The number of aryl methyl sites for hydroxylation is 3. The Bertz CT molecular complexity index is 1140. The molecule has 1 unspecified atom stereocenters. The van der Waals surface area contributed by atoms with Crippen LogP contribution in [0.2, 0.25) is 5.02 Å². The van der Waals surface area contributed by atoms with E-state index in [4.69, 9.17) is 16.6 Å². The van der Waals surface area contributed by atoms with Crippen molar-refractivity contribution in [1.29, 1.82) is 0 Å². The first-order chi connectivity index (χ1) is 14.6. The Kier molecular flexibility index (Phi) is 5.24. The molecule has 2 aromatic carbocycles. The van der Waals surface area contributed by atoms with E-state index in [1.807, 2.05) is 18.2 Å². The Hall–Kier alpha value is -2.39. The molecule has 1 aromatic heterocycles. The fourth-order valence-corrected chi connectivity index (χ4v) is 5.29. The van der Waals surface area contributed by atoms with Crippen LogP contribution < -0.4 is 5.32 Å². The van der Waals surface area contributed by atoms with Crippen LogP contribution >= 0.6 is 11.6 Å². The van der Waals surface area contributed by atoms with E-state index >= 15 is 0 Å². The number of pyridine rings is 1. The third kappa shape index (κ3) is 3.50. The van der Waals surface area contributed by atoms with Gasteiger partial charge in [-0.3, -0.25) is 9.78 Å². The smallest absolute Gasteiger partial charge is 0.252 e. The summed E-state index contributed by atoms with van der Waals surface area (Å²) in [6.07, 6.45) is 8.62. The Morgan fingerprint density at radius 3 is 2.70 bits per heavy atom. The molecule has 30 heavy (non-hydrogen) atoms. The monoisotopic (exact) mass is 418 g/mol. The Labute approximate surface area is 182 Å². The number of carbonyl (C=O) groups is 1. The predicted molar refractivity (Wildman–Crippen MR) is 122 cm³/mol. The van der Waals surface area contributed by atoms with Crippen LogP contribution in [0.4, 0.5) is 0 Å². The highest BCUT2D eigenvalue weighted by molar-refractivity contribution is 6.31. The molecule has 0 spiro atoms. The lowest BCUT2D eigenvalue weighted by Gasteiger charge is -2.22. The summed E-state index contributed by atoms with van der Waals surface area (Å²) in [5, 5.41) is 4.84. The van der Waals surface area contributed by atoms with Gasteiger partial charge in [-0.1, -0.05) is 36.7 Å². The fraction of sp³-hybridized carbons (Fsp3) is 0.385.